The van der Waals surface area contributed by atoms with Gasteiger partial charge in [-0.3, -0.25) is 0 Å². The molecular formula is C14H18ClNS. The third-order valence-electron chi connectivity index (χ3n) is 3.99. The Kier molecular flexibility index (Phi) is 2.92. The zero-order valence-corrected chi connectivity index (χ0v) is 11.7. The maximum atomic E-state index is 6.38. The molecule has 0 spiro atoms. The van der Waals surface area contributed by atoms with Gasteiger partial charge in [0.1, 0.15) is 0 Å². The molecule has 2 aliphatic carbocycles. The van der Waals surface area contributed by atoms with Crippen molar-refractivity contribution in [3.05, 3.63) is 28.8 Å². The molecule has 0 heterocycles. The third-order valence-corrected chi connectivity index (χ3v) is 5.82. The highest BCUT2D eigenvalue weighted by molar-refractivity contribution is 8.00. The van der Waals surface area contributed by atoms with Gasteiger partial charge in [-0.25, -0.2) is 0 Å². The largest absolute Gasteiger partial charge is 0.327 e. The number of hydrogen-bond acceptors (Lipinski definition) is 2. The molecule has 1 nitrogen and oxygen atoms in total. The molecule has 0 amide bonds. The summed E-state index contributed by atoms with van der Waals surface area (Å²) >= 11 is 8.30. The van der Waals surface area contributed by atoms with E-state index in [4.69, 9.17) is 17.3 Å². The SMILES string of the molecule is CC(N)C1(c2ccc(SC3CC3)c(Cl)c2)CC1. The maximum Gasteiger partial charge on any atom is 0.0544 e. The zero-order valence-electron chi connectivity index (χ0n) is 10.1. The van der Waals surface area contributed by atoms with Crippen molar-refractivity contribution in [2.45, 2.75) is 54.2 Å². The first-order valence-electron chi connectivity index (χ1n) is 6.34. The Bertz CT molecular complexity index is 436. The van der Waals surface area contributed by atoms with Gasteiger partial charge >= 0.3 is 0 Å². The van der Waals surface area contributed by atoms with Gasteiger partial charge in [0.25, 0.3) is 0 Å². The highest BCUT2D eigenvalue weighted by Crippen LogP contribution is 2.51. The summed E-state index contributed by atoms with van der Waals surface area (Å²) in [6, 6.07) is 6.78. The minimum Gasteiger partial charge on any atom is -0.327 e. The molecule has 3 heteroatoms. The van der Waals surface area contributed by atoms with Crippen molar-refractivity contribution in [2.24, 2.45) is 5.73 Å². The minimum atomic E-state index is 0.215. The molecule has 1 atom stereocenters. The first-order valence-corrected chi connectivity index (χ1v) is 7.60. The molecule has 0 bridgehead atoms. The number of nitrogens with two attached hydrogens (primary N) is 1. The highest BCUT2D eigenvalue weighted by atomic mass is 35.5. The Hall–Kier alpha value is -0.180. The molecule has 0 radical (unpaired) electrons. The van der Waals surface area contributed by atoms with Gasteiger partial charge in [0.15, 0.2) is 0 Å². The number of rotatable bonds is 4. The van der Waals surface area contributed by atoms with E-state index in [0.717, 1.165) is 10.3 Å². The second-order valence-corrected chi connectivity index (χ2v) is 7.16. The molecule has 1 aromatic rings. The number of hydrogen-bond donors (Lipinski definition) is 1. The zero-order chi connectivity index (χ0) is 12.0. The smallest absolute Gasteiger partial charge is 0.0544 e. The van der Waals surface area contributed by atoms with Crippen LogP contribution >= 0.6 is 23.4 Å². The van der Waals surface area contributed by atoms with Gasteiger partial charge in [-0.2, -0.15) is 0 Å². The molecule has 92 valence electrons. The monoisotopic (exact) mass is 267 g/mol. The molecule has 2 aliphatic rings. The Balaban J connectivity index is 1.85. The van der Waals surface area contributed by atoms with Gasteiger partial charge in [-0.05, 0) is 50.3 Å². The maximum absolute atomic E-state index is 6.38. The standard InChI is InChI=1S/C14H18ClNS/c1-9(16)14(6-7-14)10-2-5-13(12(15)8-10)17-11-3-4-11/h2,5,8-9,11H,3-4,6-7,16H2,1H3. The fourth-order valence-corrected chi connectivity index (χ4v) is 3.78. The number of benzene rings is 1. The van der Waals surface area contributed by atoms with E-state index in [1.54, 1.807) is 0 Å². The van der Waals surface area contributed by atoms with Crippen LogP contribution < -0.4 is 5.73 Å². The molecule has 2 fully saturated rings. The van der Waals surface area contributed by atoms with Crippen LogP contribution in [0.1, 0.15) is 38.2 Å². The van der Waals surface area contributed by atoms with Crippen LogP contribution in [-0.4, -0.2) is 11.3 Å². The van der Waals surface area contributed by atoms with Crippen LogP contribution in [0, 0.1) is 0 Å². The molecule has 0 aliphatic heterocycles. The molecule has 3 rings (SSSR count). The van der Waals surface area contributed by atoms with Crippen LogP contribution in [0.4, 0.5) is 0 Å². The van der Waals surface area contributed by atoms with Crippen molar-refractivity contribution in [1.29, 1.82) is 0 Å². The fourth-order valence-electron chi connectivity index (χ4n) is 2.41. The van der Waals surface area contributed by atoms with E-state index in [1.807, 2.05) is 11.8 Å². The summed E-state index contributed by atoms with van der Waals surface area (Å²) in [6.07, 6.45) is 5.09. The van der Waals surface area contributed by atoms with Crippen molar-refractivity contribution >= 4 is 23.4 Å². The predicted octanol–water partition coefficient (Wildman–Crippen LogP) is 3.97. The Morgan fingerprint density at radius 2 is 2.12 bits per heavy atom. The van der Waals surface area contributed by atoms with Gasteiger partial charge in [0.2, 0.25) is 0 Å². The van der Waals surface area contributed by atoms with E-state index in [2.05, 4.69) is 25.1 Å². The topological polar surface area (TPSA) is 26.0 Å². The Morgan fingerprint density at radius 1 is 1.41 bits per heavy atom. The summed E-state index contributed by atoms with van der Waals surface area (Å²) in [4.78, 5) is 1.23. The van der Waals surface area contributed by atoms with E-state index in [1.165, 1.54) is 36.1 Å². The molecule has 17 heavy (non-hydrogen) atoms. The molecule has 1 aromatic carbocycles. The molecule has 0 aromatic heterocycles. The lowest BCUT2D eigenvalue weighted by molar-refractivity contribution is 0.556. The van der Waals surface area contributed by atoms with Crippen LogP contribution in [0.15, 0.2) is 23.1 Å². The molecule has 0 saturated heterocycles. The Morgan fingerprint density at radius 3 is 2.59 bits per heavy atom. The van der Waals surface area contributed by atoms with E-state index in [-0.39, 0.29) is 11.5 Å². The van der Waals surface area contributed by atoms with E-state index in [0.29, 0.717) is 0 Å². The minimum absolute atomic E-state index is 0.215. The fraction of sp³-hybridized carbons (Fsp3) is 0.571. The highest BCUT2D eigenvalue weighted by Gasteiger charge is 2.47. The summed E-state index contributed by atoms with van der Waals surface area (Å²) in [5, 5.41) is 1.72. The Labute approximate surface area is 112 Å². The van der Waals surface area contributed by atoms with Gasteiger partial charge in [0.05, 0.1) is 5.02 Å². The van der Waals surface area contributed by atoms with Crippen LogP contribution in [0.3, 0.4) is 0 Å². The van der Waals surface area contributed by atoms with Crippen molar-refractivity contribution in [3.63, 3.8) is 0 Å². The van der Waals surface area contributed by atoms with Crippen LogP contribution in [0.25, 0.3) is 0 Å². The summed E-state index contributed by atoms with van der Waals surface area (Å²) in [7, 11) is 0. The van der Waals surface area contributed by atoms with Crippen LogP contribution in [0.5, 0.6) is 0 Å². The van der Waals surface area contributed by atoms with Gasteiger partial charge in [0, 0.05) is 21.6 Å². The van der Waals surface area contributed by atoms with Crippen molar-refractivity contribution < 1.29 is 0 Å². The molecule has 2 N–H and O–H groups in total. The normalized spacial score (nSPS) is 23.5. The van der Waals surface area contributed by atoms with Gasteiger partial charge in [-0.1, -0.05) is 17.7 Å². The van der Waals surface area contributed by atoms with Crippen molar-refractivity contribution in [1.82, 2.24) is 0 Å². The number of halogens is 1. The summed E-state index contributed by atoms with van der Waals surface area (Å²) in [5.41, 5.74) is 7.64. The lowest BCUT2D eigenvalue weighted by Crippen LogP contribution is -2.31. The first kappa shape index (κ1) is 11.9. The number of thioether (sulfide) groups is 1. The lowest BCUT2D eigenvalue weighted by Gasteiger charge is -2.20. The van der Waals surface area contributed by atoms with E-state index in [9.17, 15) is 0 Å². The average molecular weight is 268 g/mol. The van der Waals surface area contributed by atoms with Gasteiger partial charge < -0.3 is 5.73 Å². The summed E-state index contributed by atoms with van der Waals surface area (Å²) in [6.45, 7) is 2.10. The van der Waals surface area contributed by atoms with Crippen molar-refractivity contribution in [3.8, 4) is 0 Å². The molecule has 1 unspecified atom stereocenters. The van der Waals surface area contributed by atoms with Crippen molar-refractivity contribution in [2.75, 3.05) is 0 Å². The van der Waals surface area contributed by atoms with E-state index >= 15 is 0 Å². The van der Waals surface area contributed by atoms with Gasteiger partial charge in [-0.15, -0.1) is 11.8 Å². The average Bonchev–Trinajstić information content (AvgIpc) is 3.14. The second kappa shape index (κ2) is 4.18. The molecular weight excluding hydrogens is 250 g/mol. The molecule has 2 saturated carbocycles. The predicted molar refractivity (Wildman–Crippen MR) is 74.9 cm³/mol. The second-order valence-electron chi connectivity index (χ2n) is 5.41. The first-order chi connectivity index (χ1) is 8.12. The summed E-state index contributed by atoms with van der Waals surface area (Å²) in [5.74, 6) is 0. The summed E-state index contributed by atoms with van der Waals surface area (Å²) < 4.78 is 0. The lowest BCUT2D eigenvalue weighted by atomic mass is 9.90. The third kappa shape index (κ3) is 2.23. The van der Waals surface area contributed by atoms with E-state index < -0.39 is 0 Å². The van der Waals surface area contributed by atoms with Crippen LogP contribution in [-0.2, 0) is 5.41 Å². The van der Waals surface area contributed by atoms with Crippen LogP contribution in [0.2, 0.25) is 5.02 Å². The quantitative estimate of drug-likeness (QED) is 0.893.